The van der Waals surface area contributed by atoms with Crippen LogP contribution in [0.4, 0.5) is 15.8 Å². The maximum atomic E-state index is 13.4. The normalized spacial score (nSPS) is 11.0. The summed E-state index contributed by atoms with van der Waals surface area (Å²) in [5.74, 6) is -0.241. The Kier molecular flexibility index (Phi) is 5.21. The minimum Gasteiger partial charge on any atom is -0.344 e. The molecule has 2 aromatic carbocycles. The Morgan fingerprint density at radius 3 is 2.62 bits per heavy atom. The Morgan fingerprint density at radius 1 is 1.19 bits per heavy atom. The third kappa shape index (κ3) is 4.19. The average molecular weight is 307 g/mol. The molecule has 0 saturated carbocycles. The van der Waals surface area contributed by atoms with E-state index in [9.17, 15) is 4.39 Å². The van der Waals surface area contributed by atoms with Crippen molar-refractivity contribution in [1.29, 1.82) is 0 Å². The number of nitrogens with zero attached hydrogens (tertiary/aromatic N) is 1. The third-order valence-electron chi connectivity index (χ3n) is 3.30. The fourth-order valence-electron chi connectivity index (χ4n) is 2.16. The molecule has 0 fully saturated rings. The molecule has 0 bridgehead atoms. The molecule has 0 radical (unpaired) electrons. The highest BCUT2D eigenvalue weighted by Crippen LogP contribution is 2.29. The Balaban J connectivity index is 2.33. The molecule has 0 atom stereocenters. The van der Waals surface area contributed by atoms with Crippen LogP contribution in [-0.2, 0) is 6.54 Å². The summed E-state index contributed by atoms with van der Waals surface area (Å²) in [5.41, 5.74) is 2.91. The van der Waals surface area contributed by atoms with E-state index in [0.29, 0.717) is 17.6 Å². The highest BCUT2D eigenvalue weighted by molar-refractivity contribution is 6.30. The second-order valence-electron chi connectivity index (χ2n) is 5.35. The minimum absolute atomic E-state index is 0.241. The van der Waals surface area contributed by atoms with E-state index in [0.717, 1.165) is 16.9 Å². The number of hydrogen-bond donors (Lipinski definition) is 1. The summed E-state index contributed by atoms with van der Waals surface area (Å²) in [4.78, 5) is 1.97. The molecular formula is C17H20ClFN2. The molecule has 4 heteroatoms. The molecule has 0 spiro atoms. The lowest BCUT2D eigenvalue weighted by atomic mass is 10.1. The molecule has 0 amide bonds. The number of anilines is 2. The topological polar surface area (TPSA) is 15.3 Å². The van der Waals surface area contributed by atoms with Gasteiger partial charge in [-0.3, -0.25) is 0 Å². The number of benzene rings is 2. The highest BCUT2D eigenvalue weighted by Gasteiger charge is 2.11. The molecule has 0 saturated heterocycles. The molecule has 0 heterocycles. The predicted octanol–water partition coefficient (Wildman–Crippen LogP) is 4.75. The van der Waals surface area contributed by atoms with Crippen molar-refractivity contribution >= 4 is 23.0 Å². The fraction of sp³-hybridized carbons (Fsp3) is 0.294. The molecule has 0 aliphatic carbocycles. The molecule has 0 aliphatic rings. The second kappa shape index (κ2) is 6.92. The van der Waals surface area contributed by atoms with Gasteiger partial charge in [0.25, 0.3) is 0 Å². The zero-order valence-electron chi connectivity index (χ0n) is 12.5. The molecule has 1 N–H and O–H groups in total. The first-order valence-corrected chi connectivity index (χ1v) is 7.36. The van der Waals surface area contributed by atoms with Crippen LogP contribution in [0.25, 0.3) is 0 Å². The van der Waals surface area contributed by atoms with Gasteiger partial charge in [-0.05, 0) is 42.0 Å². The van der Waals surface area contributed by atoms with Crippen molar-refractivity contribution in [2.45, 2.75) is 26.4 Å². The van der Waals surface area contributed by atoms with Gasteiger partial charge in [-0.2, -0.15) is 0 Å². The first-order valence-electron chi connectivity index (χ1n) is 6.98. The predicted molar refractivity (Wildman–Crippen MR) is 87.9 cm³/mol. The van der Waals surface area contributed by atoms with Gasteiger partial charge in [-0.25, -0.2) is 4.39 Å². The Bertz CT molecular complexity index is 613. The van der Waals surface area contributed by atoms with E-state index in [1.807, 2.05) is 36.2 Å². The number of nitrogens with one attached hydrogen (secondary N) is 1. The largest absolute Gasteiger partial charge is 0.344 e. The second-order valence-corrected chi connectivity index (χ2v) is 5.78. The average Bonchev–Trinajstić information content (AvgIpc) is 2.44. The zero-order valence-corrected chi connectivity index (χ0v) is 13.3. The summed E-state index contributed by atoms with van der Waals surface area (Å²) in [7, 11) is 1.93. The van der Waals surface area contributed by atoms with Crippen molar-refractivity contribution in [1.82, 2.24) is 5.32 Å². The first kappa shape index (κ1) is 15.8. The van der Waals surface area contributed by atoms with Crippen molar-refractivity contribution in [2.24, 2.45) is 0 Å². The van der Waals surface area contributed by atoms with Crippen LogP contribution in [0, 0.1) is 5.82 Å². The summed E-state index contributed by atoms with van der Waals surface area (Å²) >= 11 is 6.10. The van der Waals surface area contributed by atoms with Crippen molar-refractivity contribution in [3.05, 3.63) is 58.9 Å². The number of rotatable bonds is 5. The van der Waals surface area contributed by atoms with E-state index >= 15 is 0 Å². The molecule has 112 valence electrons. The van der Waals surface area contributed by atoms with Gasteiger partial charge in [0.05, 0.1) is 0 Å². The van der Waals surface area contributed by atoms with Crippen molar-refractivity contribution in [3.8, 4) is 0 Å². The zero-order chi connectivity index (χ0) is 15.4. The van der Waals surface area contributed by atoms with E-state index in [2.05, 4.69) is 19.2 Å². The SMILES string of the molecule is CC(C)NCc1cc(Cl)ccc1N(C)c1cccc(F)c1. The minimum atomic E-state index is -0.241. The van der Waals surface area contributed by atoms with Crippen LogP contribution in [0.2, 0.25) is 5.02 Å². The monoisotopic (exact) mass is 306 g/mol. The van der Waals surface area contributed by atoms with Gasteiger partial charge in [0.2, 0.25) is 0 Å². The summed E-state index contributed by atoms with van der Waals surface area (Å²) < 4.78 is 13.4. The van der Waals surface area contributed by atoms with E-state index in [-0.39, 0.29) is 5.82 Å². The first-order chi connectivity index (χ1) is 9.97. The van der Waals surface area contributed by atoms with Crippen LogP contribution in [0.15, 0.2) is 42.5 Å². The van der Waals surface area contributed by atoms with Crippen LogP contribution in [0.1, 0.15) is 19.4 Å². The molecule has 21 heavy (non-hydrogen) atoms. The summed E-state index contributed by atoms with van der Waals surface area (Å²) in [6, 6.07) is 12.7. The van der Waals surface area contributed by atoms with Gasteiger partial charge in [-0.1, -0.05) is 31.5 Å². The lowest BCUT2D eigenvalue weighted by Crippen LogP contribution is -2.23. The molecule has 2 aromatic rings. The van der Waals surface area contributed by atoms with E-state index in [1.165, 1.54) is 12.1 Å². The fourth-order valence-corrected chi connectivity index (χ4v) is 2.36. The number of halogens is 2. The van der Waals surface area contributed by atoms with E-state index in [1.54, 1.807) is 6.07 Å². The van der Waals surface area contributed by atoms with Gasteiger partial charge in [-0.15, -0.1) is 0 Å². The Labute approximate surface area is 130 Å². The van der Waals surface area contributed by atoms with E-state index in [4.69, 9.17) is 11.6 Å². The molecule has 0 aliphatic heterocycles. The van der Waals surface area contributed by atoms with Crippen LogP contribution >= 0.6 is 11.6 Å². The summed E-state index contributed by atoms with van der Waals surface area (Å²) in [6.45, 7) is 4.91. The number of hydrogen-bond acceptors (Lipinski definition) is 2. The molecule has 2 rings (SSSR count). The van der Waals surface area contributed by atoms with Crippen LogP contribution in [0.5, 0.6) is 0 Å². The smallest absolute Gasteiger partial charge is 0.125 e. The van der Waals surface area contributed by atoms with Crippen LogP contribution < -0.4 is 10.2 Å². The lowest BCUT2D eigenvalue weighted by molar-refractivity contribution is 0.589. The van der Waals surface area contributed by atoms with Crippen molar-refractivity contribution < 1.29 is 4.39 Å². The molecular weight excluding hydrogens is 287 g/mol. The Morgan fingerprint density at radius 2 is 1.95 bits per heavy atom. The van der Waals surface area contributed by atoms with Gasteiger partial charge >= 0.3 is 0 Å². The van der Waals surface area contributed by atoms with Gasteiger partial charge < -0.3 is 10.2 Å². The van der Waals surface area contributed by atoms with Crippen LogP contribution in [0.3, 0.4) is 0 Å². The molecule has 2 nitrogen and oxygen atoms in total. The maximum Gasteiger partial charge on any atom is 0.125 e. The van der Waals surface area contributed by atoms with E-state index < -0.39 is 0 Å². The van der Waals surface area contributed by atoms with Crippen molar-refractivity contribution in [2.75, 3.05) is 11.9 Å². The van der Waals surface area contributed by atoms with Crippen molar-refractivity contribution in [3.63, 3.8) is 0 Å². The third-order valence-corrected chi connectivity index (χ3v) is 3.53. The highest BCUT2D eigenvalue weighted by atomic mass is 35.5. The summed E-state index contributed by atoms with van der Waals surface area (Å²) in [6.07, 6.45) is 0. The maximum absolute atomic E-state index is 13.4. The lowest BCUT2D eigenvalue weighted by Gasteiger charge is -2.23. The molecule has 0 unspecified atom stereocenters. The standard InChI is InChI=1S/C17H20ClFN2/c1-12(2)20-11-13-9-14(18)7-8-17(13)21(3)16-6-4-5-15(19)10-16/h4-10,12,20H,11H2,1-3H3. The Hall–Kier alpha value is -1.58. The van der Waals surface area contributed by atoms with Crippen LogP contribution in [-0.4, -0.2) is 13.1 Å². The summed E-state index contributed by atoms with van der Waals surface area (Å²) in [5, 5.41) is 4.09. The van der Waals surface area contributed by atoms with Gasteiger partial charge in [0, 0.05) is 36.0 Å². The quantitative estimate of drug-likeness (QED) is 0.858. The molecule has 0 aromatic heterocycles. The van der Waals surface area contributed by atoms with Gasteiger partial charge in [0.1, 0.15) is 5.82 Å². The van der Waals surface area contributed by atoms with Gasteiger partial charge in [0.15, 0.2) is 0 Å².